The number of halogens is 1. The summed E-state index contributed by atoms with van der Waals surface area (Å²) in [5, 5.41) is 2.51. The van der Waals surface area contributed by atoms with Gasteiger partial charge in [0.15, 0.2) is 0 Å². The molecule has 0 bridgehead atoms. The Hall–Kier alpha value is -3.72. The number of benzene rings is 3. The van der Waals surface area contributed by atoms with Crippen LogP contribution in [-0.4, -0.2) is 44.8 Å². The highest BCUT2D eigenvalue weighted by Gasteiger charge is 2.33. The minimum atomic E-state index is -4.15. The van der Waals surface area contributed by atoms with Gasteiger partial charge in [-0.15, -0.1) is 0 Å². The van der Waals surface area contributed by atoms with Crippen LogP contribution >= 0.6 is 0 Å². The number of sulfonamides is 1. The summed E-state index contributed by atoms with van der Waals surface area (Å²) in [5.41, 5.74) is 2.22. The van der Waals surface area contributed by atoms with E-state index < -0.39 is 40.2 Å². The maximum atomic E-state index is 14.5. The highest BCUT2D eigenvalue weighted by molar-refractivity contribution is 7.92. The van der Waals surface area contributed by atoms with Crippen LogP contribution in [0.15, 0.2) is 77.7 Å². The summed E-state index contributed by atoms with van der Waals surface area (Å²) in [5.74, 6) is -1.61. The fourth-order valence-corrected chi connectivity index (χ4v) is 5.46. The van der Waals surface area contributed by atoms with E-state index in [2.05, 4.69) is 5.32 Å². The van der Waals surface area contributed by atoms with E-state index in [0.717, 1.165) is 15.4 Å². The van der Waals surface area contributed by atoms with Gasteiger partial charge in [-0.2, -0.15) is 0 Å². The van der Waals surface area contributed by atoms with Crippen molar-refractivity contribution in [3.05, 3.63) is 95.3 Å². The predicted octanol–water partition coefficient (Wildman–Crippen LogP) is 4.06. The first-order valence-corrected chi connectivity index (χ1v) is 13.5. The van der Waals surface area contributed by atoms with Crippen molar-refractivity contribution < 1.29 is 22.4 Å². The Balaban J connectivity index is 2.08. The summed E-state index contributed by atoms with van der Waals surface area (Å²) in [6.45, 7) is 4.51. The van der Waals surface area contributed by atoms with E-state index in [-0.39, 0.29) is 17.0 Å². The molecule has 1 atom stereocenters. The van der Waals surface area contributed by atoms with E-state index in [9.17, 15) is 22.4 Å². The van der Waals surface area contributed by atoms with Crippen molar-refractivity contribution in [1.29, 1.82) is 0 Å². The zero-order valence-electron chi connectivity index (χ0n) is 21.4. The maximum absolute atomic E-state index is 14.5. The fraction of sp³-hybridized carbons (Fsp3) is 0.286. The van der Waals surface area contributed by atoms with Crippen LogP contribution < -0.4 is 9.62 Å². The molecule has 0 saturated carbocycles. The van der Waals surface area contributed by atoms with Crippen LogP contribution in [0.4, 0.5) is 10.1 Å². The molecule has 7 nitrogen and oxygen atoms in total. The first-order valence-electron chi connectivity index (χ1n) is 12.0. The highest BCUT2D eigenvalue weighted by Crippen LogP contribution is 2.28. The Morgan fingerprint density at radius 2 is 1.54 bits per heavy atom. The van der Waals surface area contributed by atoms with Crippen molar-refractivity contribution in [2.24, 2.45) is 0 Å². The number of aryl methyl sites for hydroxylation is 2. The molecule has 0 aromatic heterocycles. The molecule has 0 aliphatic carbocycles. The number of likely N-dealkylation sites (N-methyl/N-ethyl adjacent to an activating group) is 1. The summed E-state index contributed by atoms with van der Waals surface area (Å²) in [4.78, 5) is 27.5. The Morgan fingerprint density at radius 3 is 2.14 bits per heavy atom. The largest absolute Gasteiger partial charge is 0.357 e. The number of hydrogen-bond acceptors (Lipinski definition) is 4. The second-order valence-corrected chi connectivity index (χ2v) is 10.6. The topological polar surface area (TPSA) is 86.8 Å². The zero-order valence-corrected chi connectivity index (χ0v) is 22.3. The van der Waals surface area contributed by atoms with E-state index in [1.54, 1.807) is 36.4 Å². The molecule has 0 aliphatic heterocycles. The van der Waals surface area contributed by atoms with Crippen molar-refractivity contribution in [2.45, 2.75) is 44.7 Å². The van der Waals surface area contributed by atoms with Gasteiger partial charge < -0.3 is 10.2 Å². The van der Waals surface area contributed by atoms with E-state index in [1.165, 1.54) is 49.2 Å². The number of carbonyl (C=O) groups is 2. The molecular formula is C28H32FN3O4S. The van der Waals surface area contributed by atoms with Crippen molar-refractivity contribution in [3.8, 4) is 0 Å². The Labute approximate surface area is 218 Å². The molecule has 0 aliphatic rings. The highest BCUT2D eigenvalue weighted by atomic mass is 32.2. The molecule has 37 heavy (non-hydrogen) atoms. The third-order valence-corrected chi connectivity index (χ3v) is 8.02. The van der Waals surface area contributed by atoms with Crippen molar-refractivity contribution in [1.82, 2.24) is 10.2 Å². The lowest BCUT2D eigenvalue weighted by molar-refractivity contribution is -0.139. The third-order valence-electron chi connectivity index (χ3n) is 6.24. The minimum absolute atomic E-state index is 0.0387. The standard InChI is InChI=1S/C28H32FN3O4S/c1-5-22-10-7-9-13-26(22)32(37(35,36)24-16-14-20(2)15-17-24)19-27(33)31(21(3)28(34)30-4)18-23-11-6-8-12-25(23)29/h6-17,21H,5,18-19H2,1-4H3,(H,30,34). The maximum Gasteiger partial charge on any atom is 0.264 e. The normalized spacial score (nSPS) is 12.0. The lowest BCUT2D eigenvalue weighted by Crippen LogP contribution is -2.51. The van der Waals surface area contributed by atoms with Gasteiger partial charge in [-0.1, -0.05) is 61.0 Å². The van der Waals surface area contributed by atoms with E-state index in [0.29, 0.717) is 12.1 Å². The molecule has 0 heterocycles. The smallest absolute Gasteiger partial charge is 0.264 e. The Kier molecular flexibility index (Phi) is 9.04. The molecule has 3 aromatic carbocycles. The molecule has 3 rings (SSSR count). The zero-order chi connectivity index (χ0) is 27.2. The first kappa shape index (κ1) is 27.9. The van der Waals surface area contributed by atoms with E-state index in [4.69, 9.17) is 0 Å². The Morgan fingerprint density at radius 1 is 0.946 bits per heavy atom. The van der Waals surface area contributed by atoms with Gasteiger partial charge in [0.2, 0.25) is 11.8 Å². The molecule has 0 fully saturated rings. The molecule has 2 amide bonds. The monoisotopic (exact) mass is 525 g/mol. The fourth-order valence-electron chi connectivity index (χ4n) is 4.01. The van der Waals surface area contributed by atoms with Crippen molar-refractivity contribution in [2.75, 3.05) is 17.9 Å². The van der Waals surface area contributed by atoms with Crippen LogP contribution in [0, 0.1) is 12.7 Å². The minimum Gasteiger partial charge on any atom is -0.357 e. The van der Waals surface area contributed by atoms with E-state index in [1.807, 2.05) is 19.9 Å². The van der Waals surface area contributed by atoms with Crippen LogP contribution in [-0.2, 0) is 32.6 Å². The number of amides is 2. The van der Waals surface area contributed by atoms with E-state index >= 15 is 0 Å². The molecule has 0 saturated heterocycles. The summed E-state index contributed by atoms with van der Waals surface area (Å²) in [7, 11) is -2.71. The molecule has 0 spiro atoms. The number of rotatable bonds is 10. The molecular weight excluding hydrogens is 493 g/mol. The van der Waals surface area contributed by atoms with Gasteiger partial charge in [0.1, 0.15) is 18.4 Å². The summed E-state index contributed by atoms with van der Waals surface area (Å²) in [6.07, 6.45) is 0.540. The number of para-hydroxylation sites is 1. The number of carbonyl (C=O) groups excluding carboxylic acids is 2. The summed E-state index contributed by atoms with van der Waals surface area (Å²) < 4.78 is 43.3. The van der Waals surface area contributed by atoms with Gasteiger partial charge in [0.25, 0.3) is 10.0 Å². The van der Waals surface area contributed by atoms with Gasteiger partial charge in [-0.05, 0) is 50.1 Å². The second kappa shape index (κ2) is 12.0. The number of anilines is 1. The van der Waals surface area contributed by atoms with Gasteiger partial charge in [-0.25, -0.2) is 12.8 Å². The number of hydrogen-bond donors (Lipinski definition) is 1. The van der Waals surface area contributed by atoms with Crippen LogP contribution in [0.2, 0.25) is 0 Å². The van der Waals surface area contributed by atoms with Crippen molar-refractivity contribution >= 4 is 27.5 Å². The van der Waals surface area contributed by atoms with Crippen LogP contribution in [0.1, 0.15) is 30.5 Å². The van der Waals surface area contributed by atoms with Crippen LogP contribution in [0.3, 0.4) is 0 Å². The van der Waals surface area contributed by atoms with Gasteiger partial charge in [0, 0.05) is 19.2 Å². The number of nitrogens with one attached hydrogen (secondary N) is 1. The molecule has 1 unspecified atom stereocenters. The lowest BCUT2D eigenvalue weighted by Gasteiger charge is -2.32. The van der Waals surface area contributed by atoms with Crippen molar-refractivity contribution in [3.63, 3.8) is 0 Å². The van der Waals surface area contributed by atoms with Gasteiger partial charge >= 0.3 is 0 Å². The average Bonchev–Trinajstić information content (AvgIpc) is 2.90. The average molecular weight is 526 g/mol. The summed E-state index contributed by atoms with van der Waals surface area (Å²) in [6, 6.07) is 18.4. The molecule has 3 aromatic rings. The first-order chi connectivity index (χ1) is 17.6. The summed E-state index contributed by atoms with van der Waals surface area (Å²) >= 11 is 0. The van der Waals surface area contributed by atoms with Gasteiger partial charge in [-0.3, -0.25) is 13.9 Å². The second-order valence-electron chi connectivity index (χ2n) is 8.71. The third kappa shape index (κ3) is 6.35. The lowest BCUT2D eigenvalue weighted by atomic mass is 10.1. The Bertz CT molecular complexity index is 1360. The molecule has 9 heteroatoms. The molecule has 0 radical (unpaired) electrons. The SMILES string of the molecule is CCc1ccccc1N(CC(=O)N(Cc1ccccc1F)C(C)C(=O)NC)S(=O)(=O)c1ccc(C)cc1. The molecule has 1 N–H and O–H groups in total. The van der Waals surface area contributed by atoms with Crippen LogP contribution in [0.25, 0.3) is 0 Å². The quantitative estimate of drug-likeness (QED) is 0.433. The predicted molar refractivity (Wildman–Crippen MR) is 142 cm³/mol. The van der Waals surface area contributed by atoms with Crippen LogP contribution in [0.5, 0.6) is 0 Å². The number of nitrogens with zero attached hydrogens (tertiary/aromatic N) is 2. The van der Waals surface area contributed by atoms with Gasteiger partial charge in [0.05, 0.1) is 10.6 Å². The molecule has 196 valence electrons.